The Morgan fingerprint density at radius 3 is 2.82 bits per heavy atom. The van der Waals surface area contributed by atoms with Crippen LogP contribution in [-0.4, -0.2) is 27.0 Å². The first kappa shape index (κ1) is 19.5. The maximum absolute atomic E-state index is 12.5. The molecule has 0 saturated carbocycles. The summed E-state index contributed by atoms with van der Waals surface area (Å²) in [6, 6.07) is 12.5. The van der Waals surface area contributed by atoms with Crippen molar-refractivity contribution in [2.45, 2.75) is 33.2 Å². The summed E-state index contributed by atoms with van der Waals surface area (Å²) in [6.45, 7) is 4.99. The lowest BCUT2D eigenvalue weighted by Gasteiger charge is -2.10. The highest BCUT2D eigenvalue weighted by Crippen LogP contribution is 2.22. The van der Waals surface area contributed by atoms with Crippen molar-refractivity contribution in [2.24, 2.45) is 0 Å². The van der Waals surface area contributed by atoms with Gasteiger partial charge in [0.15, 0.2) is 0 Å². The fourth-order valence-corrected chi connectivity index (χ4v) is 3.01. The largest absolute Gasteiger partial charge is 0.352 e. The smallest absolute Gasteiger partial charge is 0.251 e. The van der Waals surface area contributed by atoms with Crippen LogP contribution in [0.1, 0.15) is 35.1 Å². The molecule has 144 valence electrons. The molecule has 0 saturated heterocycles. The van der Waals surface area contributed by atoms with E-state index in [2.05, 4.69) is 22.2 Å². The molecule has 2 aromatic heterocycles. The molecule has 28 heavy (non-hydrogen) atoms. The number of carbonyl (C=O) groups is 1. The molecule has 0 aliphatic carbocycles. The number of nitrogens with zero attached hydrogens (tertiary/aromatic N) is 3. The van der Waals surface area contributed by atoms with Gasteiger partial charge in [-0.2, -0.15) is 0 Å². The average Bonchev–Trinajstić information content (AvgIpc) is 2.72. The molecule has 0 radical (unpaired) electrons. The first-order valence-corrected chi connectivity index (χ1v) is 9.45. The summed E-state index contributed by atoms with van der Waals surface area (Å²) in [5.41, 5.74) is 3.39. The van der Waals surface area contributed by atoms with E-state index in [1.54, 1.807) is 22.9 Å². The molecular weight excluding hydrogens is 352 g/mol. The van der Waals surface area contributed by atoms with Gasteiger partial charge in [0.2, 0.25) is 5.56 Å². The van der Waals surface area contributed by atoms with Crippen LogP contribution in [0.15, 0.2) is 59.7 Å². The van der Waals surface area contributed by atoms with Gasteiger partial charge >= 0.3 is 0 Å². The van der Waals surface area contributed by atoms with Gasteiger partial charge in [-0.25, -0.2) is 9.97 Å². The van der Waals surface area contributed by atoms with Crippen LogP contribution in [0.25, 0.3) is 11.3 Å². The summed E-state index contributed by atoms with van der Waals surface area (Å²) in [4.78, 5) is 33.0. The number of nitrogens with one attached hydrogen (secondary N) is 1. The van der Waals surface area contributed by atoms with E-state index in [-0.39, 0.29) is 11.5 Å². The number of amides is 1. The van der Waals surface area contributed by atoms with Gasteiger partial charge in [-0.1, -0.05) is 25.1 Å². The van der Waals surface area contributed by atoms with Gasteiger partial charge in [-0.3, -0.25) is 9.59 Å². The maximum atomic E-state index is 12.5. The van der Waals surface area contributed by atoms with Crippen molar-refractivity contribution < 1.29 is 4.79 Å². The lowest BCUT2D eigenvalue weighted by molar-refractivity contribution is 0.0952. The molecule has 3 rings (SSSR count). The summed E-state index contributed by atoms with van der Waals surface area (Å²) in [6.07, 6.45) is 5.10. The van der Waals surface area contributed by atoms with Gasteiger partial charge in [0.05, 0.1) is 5.69 Å². The molecule has 2 heterocycles. The molecule has 0 atom stereocenters. The Hall–Kier alpha value is -3.28. The van der Waals surface area contributed by atoms with E-state index in [1.165, 1.54) is 6.07 Å². The van der Waals surface area contributed by atoms with Crippen molar-refractivity contribution >= 4 is 5.91 Å². The van der Waals surface area contributed by atoms with Crippen molar-refractivity contribution in [1.29, 1.82) is 0 Å². The van der Waals surface area contributed by atoms with Gasteiger partial charge in [0.25, 0.3) is 5.91 Å². The minimum absolute atomic E-state index is 0.0339. The lowest BCUT2D eigenvalue weighted by atomic mass is 10.0. The minimum atomic E-state index is -0.133. The lowest BCUT2D eigenvalue weighted by Crippen LogP contribution is -2.26. The normalized spacial score (nSPS) is 10.6. The first-order chi connectivity index (χ1) is 13.6. The van der Waals surface area contributed by atoms with Crippen LogP contribution in [0.2, 0.25) is 0 Å². The summed E-state index contributed by atoms with van der Waals surface area (Å²) < 4.78 is 1.64. The standard InChI is InChI=1S/C22H24N4O2/c1-3-17-15-24-16(2)25-21(17)18-8-6-9-19(14-18)22(28)23-11-7-13-26-12-5-4-10-20(26)27/h4-6,8-10,12,14-15H,3,7,11,13H2,1-2H3,(H,23,28). The Balaban J connectivity index is 1.65. The summed E-state index contributed by atoms with van der Waals surface area (Å²) >= 11 is 0. The predicted molar refractivity (Wildman–Crippen MR) is 109 cm³/mol. The topological polar surface area (TPSA) is 76.9 Å². The second kappa shape index (κ2) is 9.08. The van der Waals surface area contributed by atoms with E-state index in [0.29, 0.717) is 30.9 Å². The van der Waals surface area contributed by atoms with E-state index < -0.39 is 0 Å². The molecule has 0 spiro atoms. The van der Waals surface area contributed by atoms with Crippen molar-refractivity contribution in [3.05, 3.63) is 82.2 Å². The van der Waals surface area contributed by atoms with E-state index in [0.717, 1.165) is 23.2 Å². The monoisotopic (exact) mass is 376 g/mol. The van der Waals surface area contributed by atoms with Crippen LogP contribution < -0.4 is 10.9 Å². The van der Waals surface area contributed by atoms with E-state index in [4.69, 9.17) is 0 Å². The van der Waals surface area contributed by atoms with Gasteiger partial charge in [0, 0.05) is 42.7 Å². The Morgan fingerprint density at radius 1 is 1.18 bits per heavy atom. The number of rotatable bonds is 7. The van der Waals surface area contributed by atoms with Crippen molar-refractivity contribution in [2.75, 3.05) is 6.54 Å². The number of pyridine rings is 1. The molecule has 0 bridgehead atoms. The quantitative estimate of drug-likeness (QED) is 0.643. The number of benzene rings is 1. The summed E-state index contributed by atoms with van der Waals surface area (Å²) in [5.74, 6) is 0.573. The van der Waals surface area contributed by atoms with Crippen LogP contribution in [0, 0.1) is 6.92 Å². The summed E-state index contributed by atoms with van der Waals surface area (Å²) in [7, 11) is 0. The molecule has 6 nitrogen and oxygen atoms in total. The van der Waals surface area contributed by atoms with Gasteiger partial charge in [-0.15, -0.1) is 0 Å². The van der Waals surface area contributed by atoms with Crippen molar-refractivity contribution in [3.8, 4) is 11.3 Å². The zero-order chi connectivity index (χ0) is 19.9. The first-order valence-electron chi connectivity index (χ1n) is 9.45. The molecule has 0 fully saturated rings. The molecule has 0 aliphatic heterocycles. The van der Waals surface area contributed by atoms with E-state index >= 15 is 0 Å². The van der Waals surface area contributed by atoms with Crippen molar-refractivity contribution in [3.63, 3.8) is 0 Å². The number of aryl methyl sites for hydroxylation is 3. The third-order valence-electron chi connectivity index (χ3n) is 4.52. The Labute approximate surface area is 164 Å². The highest BCUT2D eigenvalue weighted by atomic mass is 16.1. The number of hydrogen-bond donors (Lipinski definition) is 1. The van der Waals surface area contributed by atoms with Gasteiger partial charge in [-0.05, 0) is 43.5 Å². The zero-order valence-corrected chi connectivity index (χ0v) is 16.2. The Morgan fingerprint density at radius 2 is 2.04 bits per heavy atom. The predicted octanol–water partition coefficient (Wildman–Crippen LogP) is 3.00. The van der Waals surface area contributed by atoms with Crippen LogP contribution in [0.3, 0.4) is 0 Å². The van der Waals surface area contributed by atoms with Crippen LogP contribution in [-0.2, 0) is 13.0 Å². The fraction of sp³-hybridized carbons (Fsp3) is 0.273. The third-order valence-corrected chi connectivity index (χ3v) is 4.52. The Kier molecular flexibility index (Phi) is 6.32. The second-order valence-corrected chi connectivity index (χ2v) is 6.57. The molecule has 0 aliphatic rings. The molecular formula is C22H24N4O2. The Bertz CT molecular complexity index is 1030. The van der Waals surface area contributed by atoms with Crippen LogP contribution in [0.5, 0.6) is 0 Å². The molecule has 3 aromatic rings. The third kappa shape index (κ3) is 4.71. The average molecular weight is 376 g/mol. The number of hydrogen-bond acceptors (Lipinski definition) is 4. The second-order valence-electron chi connectivity index (χ2n) is 6.57. The highest BCUT2D eigenvalue weighted by Gasteiger charge is 2.11. The number of carbonyl (C=O) groups excluding carboxylic acids is 1. The van der Waals surface area contributed by atoms with Crippen LogP contribution in [0.4, 0.5) is 0 Å². The maximum Gasteiger partial charge on any atom is 0.251 e. The number of aromatic nitrogens is 3. The summed E-state index contributed by atoms with van der Waals surface area (Å²) in [5, 5.41) is 2.92. The fourth-order valence-electron chi connectivity index (χ4n) is 3.01. The van der Waals surface area contributed by atoms with Crippen molar-refractivity contribution in [1.82, 2.24) is 19.9 Å². The molecule has 6 heteroatoms. The van der Waals surface area contributed by atoms with E-state index in [1.807, 2.05) is 37.4 Å². The van der Waals surface area contributed by atoms with Crippen LogP contribution >= 0.6 is 0 Å². The molecule has 1 amide bonds. The molecule has 1 aromatic carbocycles. The SMILES string of the molecule is CCc1cnc(C)nc1-c1cccc(C(=O)NCCCn2ccccc2=O)c1. The highest BCUT2D eigenvalue weighted by molar-refractivity contribution is 5.95. The molecule has 0 unspecified atom stereocenters. The van der Waals surface area contributed by atoms with Gasteiger partial charge < -0.3 is 9.88 Å². The van der Waals surface area contributed by atoms with E-state index in [9.17, 15) is 9.59 Å². The minimum Gasteiger partial charge on any atom is -0.352 e. The van der Waals surface area contributed by atoms with Gasteiger partial charge in [0.1, 0.15) is 5.82 Å². The molecule has 1 N–H and O–H groups in total. The zero-order valence-electron chi connectivity index (χ0n) is 16.2.